The second kappa shape index (κ2) is 11.2. The van der Waals surface area contributed by atoms with Gasteiger partial charge in [-0.2, -0.15) is 0 Å². The van der Waals surface area contributed by atoms with Crippen LogP contribution in [-0.2, 0) is 20.9 Å². The van der Waals surface area contributed by atoms with Crippen LogP contribution in [0.2, 0.25) is 0 Å². The lowest BCUT2D eigenvalue weighted by Crippen LogP contribution is -2.56. The van der Waals surface area contributed by atoms with E-state index >= 15 is 0 Å². The molecule has 1 aromatic rings. The molecule has 2 aliphatic heterocycles. The van der Waals surface area contributed by atoms with E-state index in [9.17, 15) is 9.59 Å². The molecule has 0 aromatic heterocycles. The van der Waals surface area contributed by atoms with Gasteiger partial charge < -0.3 is 25.2 Å². The van der Waals surface area contributed by atoms with Crippen molar-refractivity contribution in [2.24, 2.45) is 0 Å². The maximum absolute atomic E-state index is 12.6. The quantitative estimate of drug-likeness (QED) is 0.646. The smallest absolute Gasteiger partial charge is 0.249 e. The fourth-order valence-corrected chi connectivity index (χ4v) is 3.37. The number of piperazine rings is 1. The van der Waals surface area contributed by atoms with Crippen LogP contribution in [0.1, 0.15) is 12.0 Å². The van der Waals surface area contributed by atoms with Crippen molar-refractivity contribution in [1.29, 1.82) is 0 Å². The average Bonchev–Trinajstić information content (AvgIpc) is 2.68. The van der Waals surface area contributed by atoms with E-state index in [-0.39, 0.29) is 37.4 Å². The lowest BCUT2D eigenvalue weighted by Gasteiger charge is -2.34. The van der Waals surface area contributed by atoms with Crippen molar-refractivity contribution in [3.05, 3.63) is 35.9 Å². The molecule has 2 saturated heterocycles. The second-order valence-electron chi connectivity index (χ2n) is 6.77. The van der Waals surface area contributed by atoms with Gasteiger partial charge in [-0.25, -0.2) is 0 Å². The second-order valence-corrected chi connectivity index (χ2v) is 6.77. The largest absolute Gasteiger partial charge is 0.369 e. The number of hydrogen-bond donors (Lipinski definition) is 2. The molecule has 2 fully saturated rings. The van der Waals surface area contributed by atoms with Crippen LogP contribution in [0.25, 0.3) is 0 Å². The monoisotopic (exact) mass is 396 g/mol. The fraction of sp³-hybridized carbons (Fsp3) is 0.579. The molecule has 1 atom stereocenters. The van der Waals surface area contributed by atoms with Gasteiger partial charge in [0.25, 0.3) is 0 Å². The Labute approximate surface area is 166 Å². The number of rotatable bonds is 7. The normalized spacial score (nSPS) is 20.8. The summed E-state index contributed by atoms with van der Waals surface area (Å²) in [6.07, 6.45) is 0.909. The molecule has 2 N–H and O–H groups in total. The molecule has 0 saturated carbocycles. The zero-order valence-corrected chi connectivity index (χ0v) is 16.4. The van der Waals surface area contributed by atoms with Gasteiger partial charge in [0, 0.05) is 39.3 Å². The molecule has 1 aromatic carbocycles. The number of amides is 2. The number of ether oxygens (including phenoxy) is 1. The Balaban J connectivity index is 0.00000261. The van der Waals surface area contributed by atoms with Gasteiger partial charge in [0.1, 0.15) is 12.6 Å². The fourth-order valence-electron chi connectivity index (χ4n) is 3.37. The summed E-state index contributed by atoms with van der Waals surface area (Å²) in [6.45, 7) is 6.50. The Morgan fingerprint density at radius 1 is 1.22 bits per heavy atom. The highest BCUT2D eigenvalue weighted by Gasteiger charge is 2.33. The number of morpholine rings is 1. The summed E-state index contributed by atoms with van der Waals surface area (Å²) in [5, 5.41) is 6.31. The first kappa shape index (κ1) is 21.6. The third-order valence-electron chi connectivity index (χ3n) is 4.86. The third-order valence-corrected chi connectivity index (χ3v) is 4.86. The molecule has 0 aliphatic carbocycles. The summed E-state index contributed by atoms with van der Waals surface area (Å²) in [5.41, 5.74) is 1.01. The average molecular weight is 397 g/mol. The minimum absolute atomic E-state index is 0. The molecule has 7 nitrogen and oxygen atoms in total. The number of hydrogen-bond acceptors (Lipinski definition) is 5. The predicted octanol–water partition coefficient (Wildman–Crippen LogP) is 0.247. The molecule has 8 heteroatoms. The Hall–Kier alpha value is -1.67. The zero-order chi connectivity index (χ0) is 18.2. The summed E-state index contributed by atoms with van der Waals surface area (Å²) in [4.78, 5) is 28.9. The maximum atomic E-state index is 12.6. The first-order valence-electron chi connectivity index (χ1n) is 9.36. The molecule has 27 heavy (non-hydrogen) atoms. The molecule has 2 amide bonds. The van der Waals surface area contributed by atoms with E-state index in [2.05, 4.69) is 15.5 Å². The van der Waals surface area contributed by atoms with Crippen molar-refractivity contribution in [3.8, 4) is 0 Å². The standard InChI is InChI=1S/C19H28N4O3.ClH/c24-18-15-26-14-17(23(18)13-16-5-2-1-3-6-16)19(25)21-7-4-10-22-11-8-20-9-12-22;/h1-3,5-6,17,20H,4,7-15H2,(H,21,25);1H/t17-;/m1./s1. The molecule has 0 spiro atoms. The molecule has 0 unspecified atom stereocenters. The topological polar surface area (TPSA) is 73.9 Å². The molecular formula is C19H29ClN4O3. The van der Waals surface area contributed by atoms with Crippen molar-refractivity contribution >= 4 is 24.2 Å². The van der Waals surface area contributed by atoms with E-state index in [0.717, 1.165) is 44.7 Å². The van der Waals surface area contributed by atoms with Gasteiger partial charge >= 0.3 is 0 Å². The van der Waals surface area contributed by atoms with E-state index in [1.807, 2.05) is 30.3 Å². The number of nitrogens with one attached hydrogen (secondary N) is 2. The van der Waals surface area contributed by atoms with Crippen molar-refractivity contribution in [1.82, 2.24) is 20.4 Å². The van der Waals surface area contributed by atoms with Gasteiger partial charge in [-0.3, -0.25) is 9.59 Å². The molecule has 0 bridgehead atoms. The minimum atomic E-state index is -0.560. The van der Waals surface area contributed by atoms with Crippen LogP contribution in [0.15, 0.2) is 30.3 Å². The number of benzene rings is 1. The van der Waals surface area contributed by atoms with Gasteiger partial charge in [0.2, 0.25) is 11.8 Å². The van der Waals surface area contributed by atoms with E-state index in [0.29, 0.717) is 13.1 Å². The maximum Gasteiger partial charge on any atom is 0.249 e. The SMILES string of the molecule is Cl.O=C(NCCCN1CCNCC1)[C@H]1COCC(=O)N1Cc1ccccc1. The summed E-state index contributed by atoms with van der Waals surface area (Å²) < 4.78 is 5.32. The molecule has 2 heterocycles. The Morgan fingerprint density at radius 3 is 2.70 bits per heavy atom. The minimum Gasteiger partial charge on any atom is -0.369 e. The van der Waals surface area contributed by atoms with Gasteiger partial charge in [-0.1, -0.05) is 30.3 Å². The Bertz CT molecular complexity index is 596. The predicted molar refractivity (Wildman–Crippen MR) is 106 cm³/mol. The number of carbonyl (C=O) groups is 2. The lowest BCUT2D eigenvalue weighted by molar-refractivity contribution is -0.155. The van der Waals surface area contributed by atoms with Gasteiger partial charge in [0.15, 0.2) is 0 Å². The van der Waals surface area contributed by atoms with Crippen LogP contribution >= 0.6 is 12.4 Å². The first-order valence-corrected chi connectivity index (χ1v) is 9.36. The summed E-state index contributed by atoms with van der Waals surface area (Å²) in [6, 6.07) is 9.18. The van der Waals surface area contributed by atoms with Gasteiger partial charge in [-0.15, -0.1) is 12.4 Å². The van der Waals surface area contributed by atoms with Crippen LogP contribution in [0.4, 0.5) is 0 Å². The van der Waals surface area contributed by atoms with E-state index in [1.54, 1.807) is 4.90 Å². The first-order chi connectivity index (χ1) is 12.7. The van der Waals surface area contributed by atoms with Crippen molar-refractivity contribution < 1.29 is 14.3 Å². The van der Waals surface area contributed by atoms with Crippen molar-refractivity contribution in [2.45, 2.75) is 19.0 Å². The molecule has 150 valence electrons. The molecular weight excluding hydrogens is 368 g/mol. The summed E-state index contributed by atoms with van der Waals surface area (Å²) in [5.74, 6) is -0.268. The van der Waals surface area contributed by atoms with Crippen LogP contribution < -0.4 is 10.6 Å². The van der Waals surface area contributed by atoms with Crippen LogP contribution in [0.3, 0.4) is 0 Å². The Kier molecular flexibility index (Phi) is 9.00. The number of carbonyl (C=O) groups excluding carboxylic acids is 2. The van der Waals surface area contributed by atoms with Crippen LogP contribution in [0, 0.1) is 0 Å². The van der Waals surface area contributed by atoms with E-state index in [1.165, 1.54) is 0 Å². The highest BCUT2D eigenvalue weighted by atomic mass is 35.5. The van der Waals surface area contributed by atoms with E-state index in [4.69, 9.17) is 4.74 Å². The zero-order valence-electron chi connectivity index (χ0n) is 15.6. The van der Waals surface area contributed by atoms with Gasteiger partial charge in [-0.05, 0) is 18.5 Å². The lowest BCUT2D eigenvalue weighted by atomic mass is 10.1. The van der Waals surface area contributed by atoms with Crippen LogP contribution in [0.5, 0.6) is 0 Å². The van der Waals surface area contributed by atoms with Gasteiger partial charge in [0.05, 0.1) is 6.61 Å². The highest BCUT2D eigenvalue weighted by molar-refractivity contribution is 5.89. The number of nitrogens with zero attached hydrogens (tertiary/aromatic N) is 2. The number of halogens is 1. The third kappa shape index (κ3) is 6.46. The molecule has 0 radical (unpaired) electrons. The summed E-state index contributed by atoms with van der Waals surface area (Å²) >= 11 is 0. The molecule has 2 aliphatic rings. The molecule has 3 rings (SSSR count). The van der Waals surface area contributed by atoms with Crippen LogP contribution in [-0.4, -0.2) is 80.1 Å². The summed E-state index contributed by atoms with van der Waals surface area (Å²) in [7, 11) is 0. The van der Waals surface area contributed by atoms with Crippen molar-refractivity contribution in [3.63, 3.8) is 0 Å². The Morgan fingerprint density at radius 2 is 1.96 bits per heavy atom. The van der Waals surface area contributed by atoms with E-state index < -0.39 is 6.04 Å². The highest BCUT2D eigenvalue weighted by Crippen LogP contribution is 2.13. The van der Waals surface area contributed by atoms with Crippen molar-refractivity contribution in [2.75, 3.05) is 52.5 Å².